The maximum Gasteiger partial charge on any atom is 0.303 e. The van der Waals surface area contributed by atoms with E-state index in [1.54, 1.807) is 7.11 Å². The molecule has 0 unspecified atom stereocenters. The molecule has 0 spiro atoms. The Balaban J connectivity index is 1.86. The molecular formula is C22H29N3O3. The molecule has 3 rings (SSSR count). The minimum atomic E-state index is -0.710. The van der Waals surface area contributed by atoms with Gasteiger partial charge in [0.2, 0.25) is 0 Å². The number of unbranched alkanes of at least 4 members (excludes halogenated alkanes) is 1. The van der Waals surface area contributed by atoms with Crippen molar-refractivity contribution in [1.29, 1.82) is 0 Å². The summed E-state index contributed by atoms with van der Waals surface area (Å²) in [5.41, 5.74) is 2.90. The molecule has 1 fully saturated rings. The monoisotopic (exact) mass is 383 g/mol. The number of anilines is 1. The second-order valence-electron chi connectivity index (χ2n) is 7.39. The Labute approximate surface area is 166 Å². The number of aliphatic carboxylic acids is 1. The average Bonchev–Trinajstić information content (AvgIpc) is 2.72. The van der Waals surface area contributed by atoms with E-state index in [4.69, 9.17) is 19.8 Å². The van der Waals surface area contributed by atoms with Crippen molar-refractivity contribution in [3.8, 4) is 17.0 Å². The molecule has 0 saturated carbocycles. The molecule has 0 aliphatic carbocycles. The van der Waals surface area contributed by atoms with Crippen LogP contribution >= 0.6 is 0 Å². The van der Waals surface area contributed by atoms with Crippen molar-refractivity contribution in [3.63, 3.8) is 0 Å². The molecule has 150 valence electrons. The number of aromatic nitrogens is 2. The van der Waals surface area contributed by atoms with Gasteiger partial charge >= 0.3 is 5.97 Å². The Morgan fingerprint density at radius 3 is 2.57 bits per heavy atom. The zero-order valence-electron chi connectivity index (χ0n) is 16.7. The second-order valence-corrected chi connectivity index (χ2v) is 7.39. The SMILES string of the molecule is CCCCc1cnc(-c2ccc(OC)cc2)c(N2CCC(CC(=O)O)CC2)n1. The number of rotatable bonds is 8. The number of carboxylic acid groups (broad SMARTS) is 1. The lowest BCUT2D eigenvalue weighted by Gasteiger charge is -2.33. The smallest absolute Gasteiger partial charge is 0.303 e. The van der Waals surface area contributed by atoms with E-state index < -0.39 is 5.97 Å². The Morgan fingerprint density at radius 1 is 1.25 bits per heavy atom. The van der Waals surface area contributed by atoms with Crippen molar-refractivity contribution in [2.24, 2.45) is 5.92 Å². The molecule has 6 nitrogen and oxygen atoms in total. The van der Waals surface area contributed by atoms with Gasteiger partial charge in [-0.1, -0.05) is 13.3 Å². The van der Waals surface area contributed by atoms with Crippen molar-refractivity contribution in [2.45, 2.75) is 45.4 Å². The van der Waals surface area contributed by atoms with E-state index in [0.717, 1.165) is 73.7 Å². The Morgan fingerprint density at radius 2 is 1.96 bits per heavy atom. The third kappa shape index (κ3) is 5.00. The van der Waals surface area contributed by atoms with Gasteiger partial charge in [0, 0.05) is 31.3 Å². The van der Waals surface area contributed by atoms with Gasteiger partial charge in [0.15, 0.2) is 5.82 Å². The average molecular weight is 383 g/mol. The lowest BCUT2D eigenvalue weighted by Crippen LogP contribution is -2.35. The number of ether oxygens (including phenoxy) is 1. The zero-order valence-corrected chi connectivity index (χ0v) is 16.7. The van der Waals surface area contributed by atoms with Crippen LogP contribution in [0.15, 0.2) is 30.5 Å². The van der Waals surface area contributed by atoms with Gasteiger partial charge in [-0.05, 0) is 55.9 Å². The highest BCUT2D eigenvalue weighted by Gasteiger charge is 2.25. The zero-order chi connectivity index (χ0) is 19.9. The third-order valence-electron chi connectivity index (χ3n) is 5.33. The molecular weight excluding hydrogens is 354 g/mol. The van der Waals surface area contributed by atoms with Gasteiger partial charge in [-0.25, -0.2) is 4.98 Å². The minimum absolute atomic E-state index is 0.245. The number of carboxylic acids is 1. The van der Waals surface area contributed by atoms with E-state index in [1.807, 2.05) is 30.5 Å². The predicted octanol–water partition coefficient (Wildman–Crippen LogP) is 4.19. The lowest BCUT2D eigenvalue weighted by molar-refractivity contribution is -0.138. The normalized spacial score (nSPS) is 14.9. The van der Waals surface area contributed by atoms with Crippen LogP contribution in [0, 0.1) is 5.92 Å². The van der Waals surface area contributed by atoms with E-state index >= 15 is 0 Å². The van der Waals surface area contributed by atoms with Crippen LogP contribution in [-0.2, 0) is 11.2 Å². The minimum Gasteiger partial charge on any atom is -0.497 e. The van der Waals surface area contributed by atoms with Crippen molar-refractivity contribution in [3.05, 3.63) is 36.2 Å². The lowest BCUT2D eigenvalue weighted by atomic mass is 9.93. The standard InChI is InChI=1S/C22H29N3O3/c1-3-4-5-18-15-23-21(17-6-8-19(28-2)9-7-17)22(24-18)25-12-10-16(11-13-25)14-20(26)27/h6-9,15-16H,3-5,10-14H2,1-2H3,(H,26,27). The molecule has 1 aliphatic rings. The second kappa shape index (κ2) is 9.53. The molecule has 1 aliphatic heterocycles. The van der Waals surface area contributed by atoms with Gasteiger partial charge in [-0.2, -0.15) is 0 Å². The van der Waals surface area contributed by atoms with Crippen LogP contribution in [0.4, 0.5) is 5.82 Å². The highest BCUT2D eigenvalue weighted by molar-refractivity contribution is 5.73. The summed E-state index contributed by atoms with van der Waals surface area (Å²) in [6, 6.07) is 7.89. The summed E-state index contributed by atoms with van der Waals surface area (Å²) in [7, 11) is 1.66. The Hall–Kier alpha value is -2.63. The van der Waals surface area contributed by atoms with Crippen LogP contribution < -0.4 is 9.64 Å². The van der Waals surface area contributed by atoms with E-state index in [9.17, 15) is 4.79 Å². The van der Waals surface area contributed by atoms with Crippen LogP contribution in [0.3, 0.4) is 0 Å². The van der Waals surface area contributed by atoms with E-state index in [2.05, 4.69) is 11.8 Å². The van der Waals surface area contributed by atoms with Crippen molar-refractivity contribution in [2.75, 3.05) is 25.1 Å². The van der Waals surface area contributed by atoms with Crippen molar-refractivity contribution < 1.29 is 14.6 Å². The van der Waals surface area contributed by atoms with Gasteiger partial charge in [0.05, 0.1) is 12.8 Å². The highest BCUT2D eigenvalue weighted by atomic mass is 16.5. The molecule has 6 heteroatoms. The summed E-state index contributed by atoms with van der Waals surface area (Å²) in [5.74, 6) is 1.26. The summed E-state index contributed by atoms with van der Waals surface area (Å²) in [4.78, 5) is 23.0. The fourth-order valence-electron chi connectivity index (χ4n) is 3.66. The summed E-state index contributed by atoms with van der Waals surface area (Å²) < 4.78 is 5.26. The molecule has 1 N–H and O–H groups in total. The summed E-state index contributed by atoms with van der Waals surface area (Å²) >= 11 is 0. The van der Waals surface area contributed by atoms with E-state index in [0.29, 0.717) is 0 Å². The van der Waals surface area contributed by atoms with Crippen LogP contribution in [0.2, 0.25) is 0 Å². The first kappa shape index (κ1) is 20.1. The number of carbonyl (C=O) groups is 1. The third-order valence-corrected chi connectivity index (χ3v) is 5.33. The summed E-state index contributed by atoms with van der Waals surface area (Å²) in [6.07, 6.45) is 7.02. The molecule has 1 aromatic heterocycles. The largest absolute Gasteiger partial charge is 0.497 e. The molecule has 0 radical (unpaired) electrons. The first-order chi connectivity index (χ1) is 13.6. The van der Waals surface area contributed by atoms with E-state index in [-0.39, 0.29) is 12.3 Å². The van der Waals surface area contributed by atoms with Crippen molar-refractivity contribution in [1.82, 2.24) is 9.97 Å². The van der Waals surface area contributed by atoms with Crippen LogP contribution in [0.5, 0.6) is 5.75 Å². The molecule has 1 saturated heterocycles. The molecule has 1 aromatic carbocycles. The molecule has 0 amide bonds. The number of hydrogen-bond acceptors (Lipinski definition) is 5. The molecule has 2 heterocycles. The topological polar surface area (TPSA) is 75.5 Å². The predicted molar refractivity (Wildman–Crippen MR) is 110 cm³/mol. The fraction of sp³-hybridized carbons (Fsp3) is 0.500. The van der Waals surface area contributed by atoms with Crippen molar-refractivity contribution >= 4 is 11.8 Å². The van der Waals surface area contributed by atoms with Gasteiger partial charge in [0.1, 0.15) is 11.4 Å². The quantitative estimate of drug-likeness (QED) is 0.737. The van der Waals surface area contributed by atoms with Gasteiger partial charge in [-0.3, -0.25) is 9.78 Å². The first-order valence-corrected chi connectivity index (χ1v) is 10.1. The van der Waals surface area contributed by atoms with E-state index in [1.165, 1.54) is 0 Å². The van der Waals surface area contributed by atoms with Crippen LogP contribution in [0.1, 0.15) is 44.7 Å². The Bertz CT molecular complexity index is 784. The number of benzene rings is 1. The maximum atomic E-state index is 11.0. The number of aryl methyl sites for hydroxylation is 1. The molecule has 28 heavy (non-hydrogen) atoms. The van der Waals surface area contributed by atoms with Gasteiger partial charge < -0.3 is 14.7 Å². The molecule has 0 bridgehead atoms. The number of hydrogen-bond donors (Lipinski definition) is 1. The number of methoxy groups -OCH3 is 1. The van der Waals surface area contributed by atoms with Crippen LogP contribution in [0.25, 0.3) is 11.3 Å². The van der Waals surface area contributed by atoms with Gasteiger partial charge in [-0.15, -0.1) is 0 Å². The van der Waals surface area contributed by atoms with Crippen LogP contribution in [-0.4, -0.2) is 41.2 Å². The number of piperidine rings is 1. The summed E-state index contributed by atoms with van der Waals surface area (Å²) in [5, 5.41) is 9.06. The number of nitrogens with zero attached hydrogens (tertiary/aromatic N) is 3. The fourth-order valence-corrected chi connectivity index (χ4v) is 3.66. The highest BCUT2D eigenvalue weighted by Crippen LogP contribution is 2.32. The molecule has 2 aromatic rings. The molecule has 0 atom stereocenters. The Kier molecular flexibility index (Phi) is 6.85. The summed E-state index contributed by atoms with van der Waals surface area (Å²) in [6.45, 7) is 3.80. The first-order valence-electron chi connectivity index (χ1n) is 10.1. The maximum absolute atomic E-state index is 11.0. The van der Waals surface area contributed by atoms with Gasteiger partial charge in [0.25, 0.3) is 0 Å².